The Balaban J connectivity index is 2.09. The highest BCUT2D eigenvalue weighted by Crippen LogP contribution is 2.18. The molecule has 0 amide bonds. The third kappa shape index (κ3) is 8.36. The van der Waals surface area contributed by atoms with Crippen molar-refractivity contribution in [3.05, 3.63) is 65.7 Å². The predicted molar refractivity (Wildman–Crippen MR) is 116 cm³/mol. The van der Waals surface area contributed by atoms with Crippen LogP contribution in [0.1, 0.15) is 43.1 Å². The van der Waals surface area contributed by atoms with E-state index in [2.05, 4.69) is 12.2 Å². The predicted octanol–water partition coefficient (Wildman–Crippen LogP) is 3.64. The lowest BCUT2D eigenvalue weighted by Crippen LogP contribution is -2.37. The normalized spacial score (nSPS) is 13.3. The first kappa shape index (κ1) is 23.1. The van der Waals surface area contributed by atoms with Gasteiger partial charge in [0.2, 0.25) is 0 Å². The van der Waals surface area contributed by atoms with Crippen LogP contribution < -0.4 is 10.1 Å². The molecule has 0 saturated heterocycles. The van der Waals surface area contributed by atoms with Crippen LogP contribution >= 0.6 is 0 Å². The minimum absolute atomic E-state index is 0.0884. The van der Waals surface area contributed by atoms with Crippen LogP contribution in [0.5, 0.6) is 5.75 Å². The van der Waals surface area contributed by atoms with Gasteiger partial charge in [-0.3, -0.25) is 4.79 Å². The van der Waals surface area contributed by atoms with Gasteiger partial charge in [-0.25, -0.2) is 0 Å². The number of nitrogens with one attached hydrogen (secondary N) is 1. The van der Waals surface area contributed by atoms with E-state index < -0.39 is 12.2 Å². The molecule has 2 aromatic rings. The first-order valence-electron chi connectivity index (χ1n) is 10.3. The molecule has 5 nitrogen and oxygen atoms in total. The number of carbonyl (C=O) groups is 1. The average Bonchev–Trinajstić information content (AvgIpc) is 2.74. The summed E-state index contributed by atoms with van der Waals surface area (Å²) >= 11 is 0. The Bertz CT molecular complexity index is 733. The number of benzene rings is 2. The lowest BCUT2D eigenvalue weighted by molar-refractivity contribution is -0.00218. The molecule has 2 unspecified atom stereocenters. The first-order chi connectivity index (χ1) is 14.0. The highest BCUT2D eigenvalue weighted by Gasteiger charge is 2.23. The van der Waals surface area contributed by atoms with Gasteiger partial charge in [-0.2, -0.15) is 0 Å². The van der Waals surface area contributed by atoms with Gasteiger partial charge in [-0.1, -0.05) is 63.2 Å². The van der Waals surface area contributed by atoms with Gasteiger partial charge in [-0.05, 0) is 24.1 Å². The van der Waals surface area contributed by atoms with E-state index in [9.17, 15) is 9.90 Å². The molecule has 0 bridgehead atoms. The van der Waals surface area contributed by atoms with E-state index in [1.54, 1.807) is 12.1 Å². The van der Waals surface area contributed by atoms with Crippen LogP contribution in [0.15, 0.2) is 54.6 Å². The molecule has 2 rings (SSSR count). The van der Waals surface area contributed by atoms with Crippen LogP contribution in [0, 0.1) is 0 Å². The molecule has 158 valence electrons. The minimum Gasteiger partial charge on any atom is -0.494 e. The summed E-state index contributed by atoms with van der Waals surface area (Å²) in [5.41, 5.74) is 1.56. The van der Waals surface area contributed by atoms with Gasteiger partial charge in [0.05, 0.1) is 19.3 Å². The second kappa shape index (κ2) is 12.4. The number of rotatable bonds is 13. The molecular formula is C24H33NO4. The van der Waals surface area contributed by atoms with Gasteiger partial charge in [0, 0.05) is 24.6 Å². The van der Waals surface area contributed by atoms with Crippen LogP contribution in [-0.2, 0) is 11.2 Å². The molecule has 0 saturated carbocycles. The summed E-state index contributed by atoms with van der Waals surface area (Å²) in [5, 5.41) is 13.4. The summed E-state index contributed by atoms with van der Waals surface area (Å²) in [5.74, 6) is 0.700. The second-order valence-electron chi connectivity index (χ2n) is 7.47. The fourth-order valence-electron chi connectivity index (χ4n) is 2.87. The Morgan fingerprint density at radius 2 is 1.86 bits per heavy atom. The van der Waals surface area contributed by atoms with Crippen molar-refractivity contribution in [2.75, 3.05) is 19.8 Å². The van der Waals surface area contributed by atoms with Crippen molar-refractivity contribution in [2.45, 2.75) is 51.9 Å². The highest BCUT2D eigenvalue weighted by molar-refractivity contribution is 5.99. The van der Waals surface area contributed by atoms with E-state index in [4.69, 9.17) is 9.47 Å². The number of ketones is 1. The number of ether oxygens (including phenoxy) is 2. The smallest absolute Gasteiger partial charge is 0.191 e. The molecule has 0 aromatic heterocycles. The minimum atomic E-state index is -0.678. The zero-order valence-electron chi connectivity index (χ0n) is 17.6. The van der Waals surface area contributed by atoms with Crippen LogP contribution in [0.25, 0.3) is 0 Å². The molecule has 0 aliphatic rings. The number of hydrogen-bond acceptors (Lipinski definition) is 5. The van der Waals surface area contributed by atoms with E-state index in [-0.39, 0.29) is 18.4 Å². The largest absolute Gasteiger partial charge is 0.494 e. The van der Waals surface area contributed by atoms with Crippen molar-refractivity contribution in [3.63, 3.8) is 0 Å². The third-order valence-electron chi connectivity index (χ3n) is 4.39. The average molecular weight is 400 g/mol. The molecule has 2 atom stereocenters. The molecule has 0 fully saturated rings. The summed E-state index contributed by atoms with van der Waals surface area (Å²) in [6.45, 7) is 7.26. The van der Waals surface area contributed by atoms with E-state index in [1.165, 1.54) is 0 Å². The fraction of sp³-hybridized carbons (Fsp3) is 0.458. The van der Waals surface area contributed by atoms with Crippen molar-refractivity contribution in [3.8, 4) is 5.75 Å². The Morgan fingerprint density at radius 1 is 1.10 bits per heavy atom. The highest BCUT2D eigenvalue weighted by atomic mass is 16.5. The van der Waals surface area contributed by atoms with Crippen molar-refractivity contribution in [1.82, 2.24) is 5.32 Å². The van der Waals surface area contributed by atoms with Gasteiger partial charge in [-0.15, -0.1) is 0 Å². The van der Waals surface area contributed by atoms with Gasteiger partial charge in [0.1, 0.15) is 11.9 Å². The lowest BCUT2D eigenvalue weighted by atomic mass is 9.99. The lowest BCUT2D eigenvalue weighted by Gasteiger charge is -2.20. The topological polar surface area (TPSA) is 67.8 Å². The molecule has 0 heterocycles. The molecule has 0 radical (unpaired) electrons. The van der Waals surface area contributed by atoms with Gasteiger partial charge in [0.15, 0.2) is 5.78 Å². The molecule has 0 aliphatic carbocycles. The maximum atomic E-state index is 13.0. The monoisotopic (exact) mass is 399 g/mol. The van der Waals surface area contributed by atoms with Crippen LogP contribution in [0.2, 0.25) is 0 Å². The van der Waals surface area contributed by atoms with Crippen molar-refractivity contribution < 1.29 is 19.4 Å². The molecule has 2 aromatic carbocycles. The Morgan fingerprint density at radius 3 is 2.55 bits per heavy atom. The Labute approximate surface area is 174 Å². The number of aliphatic hydroxyl groups excluding tert-OH is 1. The number of aliphatic hydroxyl groups is 1. The summed E-state index contributed by atoms with van der Waals surface area (Å²) in [7, 11) is 0. The zero-order valence-corrected chi connectivity index (χ0v) is 17.6. The molecule has 29 heavy (non-hydrogen) atoms. The second-order valence-corrected chi connectivity index (χ2v) is 7.47. The quantitative estimate of drug-likeness (QED) is 0.503. The number of hydrogen-bond donors (Lipinski definition) is 2. The zero-order chi connectivity index (χ0) is 21.1. The fourth-order valence-corrected chi connectivity index (χ4v) is 2.87. The van der Waals surface area contributed by atoms with Crippen molar-refractivity contribution in [1.29, 1.82) is 0 Å². The molecule has 0 spiro atoms. The summed E-state index contributed by atoms with van der Waals surface area (Å²) in [6.07, 6.45) is 0.00167. The maximum absolute atomic E-state index is 13.0. The SMILES string of the molecule is CCCOc1cccc(CC(OCC(O)CNC(C)C)C(=O)c2ccccc2)c1. The van der Waals surface area contributed by atoms with Crippen molar-refractivity contribution in [2.24, 2.45) is 0 Å². The third-order valence-corrected chi connectivity index (χ3v) is 4.39. The van der Waals surface area contributed by atoms with E-state index in [0.29, 0.717) is 25.1 Å². The van der Waals surface area contributed by atoms with Crippen LogP contribution in [0.4, 0.5) is 0 Å². The van der Waals surface area contributed by atoms with Gasteiger partial charge >= 0.3 is 0 Å². The van der Waals surface area contributed by atoms with E-state index in [0.717, 1.165) is 17.7 Å². The van der Waals surface area contributed by atoms with Crippen LogP contribution in [-0.4, -0.2) is 48.9 Å². The number of Topliss-reactive ketones (excluding diaryl/α,β-unsaturated/α-hetero) is 1. The Hall–Kier alpha value is -2.21. The summed E-state index contributed by atoms with van der Waals surface area (Å²) in [4.78, 5) is 13.0. The molecule has 5 heteroatoms. The first-order valence-corrected chi connectivity index (χ1v) is 10.3. The van der Waals surface area contributed by atoms with E-state index >= 15 is 0 Å². The van der Waals surface area contributed by atoms with Gasteiger partial charge in [0.25, 0.3) is 0 Å². The van der Waals surface area contributed by atoms with Gasteiger partial charge < -0.3 is 19.9 Å². The molecule has 0 aliphatic heterocycles. The Kier molecular flexibility index (Phi) is 9.84. The maximum Gasteiger partial charge on any atom is 0.191 e. The van der Waals surface area contributed by atoms with E-state index in [1.807, 2.05) is 56.3 Å². The summed E-state index contributed by atoms with van der Waals surface area (Å²) in [6, 6.07) is 17.1. The molecular weight excluding hydrogens is 366 g/mol. The molecule has 2 N–H and O–H groups in total. The van der Waals surface area contributed by atoms with Crippen LogP contribution in [0.3, 0.4) is 0 Å². The van der Waals surface area contributed by atoms with Crippen molar-refractivity contribution >= 4 is 5.78 Å². The standard InChI is InChI=1S/C24H33NO4/c1-4-13-28-22-12-8-9-19(14-22)15-23(24(27)20-10-6-5-7-11-20)29-17-21(26)16-25-18(2)3/h5-12,14,18,21,23,25-26H,4,13,15-17H2,1-3H3. The number of carbonyl (C=O) groups excluding carboxylic acids is 1. The summed E-state index contributed by atoms with van der Waals surface area (Å²) < 4.78 is 11.6.